The maximum Gasteiger partial charge on any atom is 0.0705 e. The molecule has 1 aliphatic rings. The zero-order valence-corrected chi connectivity index (χ0v) is 12.9. The smallest absolute Gasteiger partial charge is 0.0705 e. The van der Waals surface area contributed by atoms with Crippen molar-refractivity contribution in [2.24, 2.45) is 5.73 Å². The van der Waals surface area contributed by atoms with Gasteiger partial charge in [-0.3, -0.25) is 9.88 Å². The summed E-state index contributed by atoms with van der Waals surface area (Å²) < 4.78 is 0. The normalized spacial score (nSPS) is 17.7. The molecule has 1 aromatic carbocycles. The predicted molar refractivity (Wildman–Crippen MR) is 88.1 cm³/mol. The predicted octanol–water partition coefficient (Wildman–Crippen LogP) is 3.33. The number of nitrogens with zero attached hydrogens (tertiary/aromatic N) is 2. The van der Waals surface area contributed by atoms with Crippen LogP contribution in [0.15, 0.2) is 36.5 Å². The largest absolute Gasteiger partial charge is 0.329 e. The van der Waals surface area contributed by atoms with Crippen LogP contribution in [0.5, 0.6) is 0 Å². The third-order valence-corrected chi connectivity index (χ3v) is 5.07. The average Bonchev–Trinajstić information content (AvgIpc) is 3.02. The molecule has 0 spiro atoms. The highest BCUT2D eigenvalue weighted by atomic mass is 15.2. The van der Waals surface area contributed by atoms with Crippen molar-refractivity contribution in [3.63, 3.8) is 0 Å². The summed E-state index contributed by atoms with van der Waals surface area (Å²) in [5.41, 5.74) is 8.81. The van der Waals surface area contributed by atoms with E-state index in [0.717, 1.165) is 25.2 Å². The molecule has 0 unspecified atom stereocenters. The molecule has 0 saturated heterocycles. The summed E-state index contributed by atoms with van der Waals surface area (Å²) in [5.74, 6) is 0. The second kappa shape index (κ2) is 6.12. The fraction of sp³-hybridized carbons (Fsp3) is 0.500. The SMILES string of the molecule is CCN(Cc1ccnc2ccccc12)C1(CN)CCCC1. The zero-order valence-electron chi connectivity index (χ0n) is 12.9. The number of nitrogens with two attached hydrogens (primary N) is 1. The van der Waals surface area contributed by atoms with Gasteiger partial charge in [-0.05, 0) is 37.1 Å². The summed E-state index contributed by atoms with van der Waals surface area (Å²) in [6.45, 7) is 5.04. The molecule has 1 saturated carbocycles. The molecule has 3 rings (SSSR count). The minimum atomic E-state index is 0.207. The van der Waals surface area contributed by atoms with Crippen molar-refractivity contribution in [2.75, 3.05) is 13.1 Å². The number of para-hydroxylation sites is 1. The van der Waals surface area contributed by atoms with Gasteiger partial charge in [-0.25, -0.2) is 0 Å². The average molecular weight is 283 g/mol. The molecule has 0 atom stereocenters. The Balaban J connectivity index is 1.92. The Kier molecular flexibility index (Phi) is 4.22. The number of likely N-dealkylation sites (N-methyl/N-ethyl adjacent to an activating group) is 1. The maximum absolute atomic E-state index is 6.16. The van der Waals surface area contributed by atoms with E-state index in [-0.39, 0.29) is 5.54 Å². The molecular formula is C18H25N3. The van der Waals surface area contributed by atoms with Gasteiger partial charge in [0.05, 0.1) is 5.52 Å². The highest BCUT2D eigenvalue weighted by Crippen LogP contribution is 2.35. The lowest BCUT2D eigenvalue weighted by molar-refractivity contribution is 0.0975. The molecule has 21 heavy (non-hydrogen) atoms. The van der Waals surface area contributed by atoms with Gasteiger partial charge in [-0.2, -0.15) is 0 Å². The van der Waals surface area contributed by atoms with Gasteiger partial charge < -0.3 is 5.73 Å². The van der Waals surface area contributed by atoms with Crippen LogP contribution in [0.25, 0.3) is 10.9 Å². The van der Waals surface area contributed by atoms with Crippen molar-refractivity contribution in [3.05, 3.63) is 42.1 Å². The minimum absolute atomic E-state index is 0.207. The Morgan fingerprint density at radius 3 is 2.67 bits per heavy atom. The number of fused-ring (bicyclic) bond motifs is 1. The van der Waals surface area contributed by atoms with Gasteiger partial charge in [-0.15, -0.1) is 0 Å². The van der Waals surface area contributed by atoms with Crippen molar-refractivity contribution in [1.29, 1.82) is 0 Å². The Labute approximate surface area is 127 Å². The monoisotopic (exact) mass is 283 g/mol. The van der Waals surface area contributed by atoms with E-state index in [1.807, 2.05) is 6.20 Å². The fourth-order valence-corrected chi connectivity index (χ4v) is 3.80. The molecule has 1 aliphatic carbocycles. The van der Waals surface area contributed by atoms with E-state index in [9.17, 15) is 0 Å². The summed E-state index contributed by atoms with van der Waals surface area (Å²) >= 11 is 0. The molecule has 0 radical (unpaired) electrons. The van der Waals surface area contributed by atoms with Gasteiger partial charge >= 0.3 is 0 Å². The first kappa shape index (κ1) is 14.5. The molecule has 0 aliphatic heterocycles. The molecule has 1 aromatic heterocycles. The van der Waals surface area contributed by atoms with Gasteiger partial charge in [0.2, 0.25) is 0 Å². The lowest BCUT2D eigenvalue weighted by Gasteiger charge is -2.40. The molecular weight excluding hydrogens is 258 g/mol. The Morgan fingerprint density at radius 1 is 1.19 bits per heavy atom. The molecule has 2 N–H and O–H groups in total. The first-order valence-corrected chi connectivity index (χ1v) is 8.07. The first-order chi connectivity index (χ1) is 10.3. The number of hydrogen-bond acceptors (Lipinski definition) is 3. The van der Waals surface area contributed by atoms with Gasteiger partial charge in [0.1, 0.15) is 0 Å². The van der Waals surface area contributed by atoms with Crippen LogP contribution >= 0.6 is 0 Å². The van der Waals surface area contributed by atoms with Crippen LogP contribution in [0.4, 0.5) is 0 Å². The summed E-state index contributed by atoms with van der Waals surface area (Å²) in [7, 11) is 0. The van der Waals surface area contributed by atoms with Crippen molar-refractivity contribution >= 4 is 10.9 Å². The topological polar surface area (TPSA) is 42.2 Å². The van der Waals surface area contributed by atoms with Crippen LogP contribution in [0.3, 0.4) is 0 Å². The van der Waals surface area contributed by atoms with E-state index in [1.165, 1.54) is 36.6 Å². The summed E-state index contributed by atoms with van der Waals surface area (Å²) in [6.07, 6.45) is 7.02. The van der Waals surface area contributed by atoms with Crippen LogP contribution in [-0.2, 0) is 6.54 Å². The second-order valence-corrected chi connectivity index (χ2v) is 6.14. The standard InChI is InChI=1S/C18H25N3/c1-2-21(18(14-19)10-5-6-11-18)13-15-9-12-20-17-8-4-3-7-16(15)17/h3-4,7-9,12H,2,5-6,10-11,13-14,19H2,1H3. The Morgan fingerprint density at radius 2 is 1.95 bits per heavy atom. The first-order valence-electron chi connectivity index (χ1n) is 8.07. The van der Waals surface area contributed by atoms with Crippen LogP contribution in [0.2, 0.25) is 0 Å². The lowest BCUT2D eigenvalue weighted by Crippen LogP contribution is -2.51. The third-order valence-electron chi connectivity index (χ3n) is 5.07. The van der Waals surface area contributed by atoms with Crippen LogP contribution in [0, 0.1) is 0 Å². The highest BCUT2D eigenvalue weighted by molar-refractivity contribution is 5.81. The van der Waals surface area contributed by atoms with Crippen LogP contribution < -0.4 is 5.73 Å². The van der Waals surface area contributed by atoms with Crippen LogP contribution in [-0.4, -0.2) is 28.5 Å². The van der Waals surface area contributed by atoms with E-state index in [0.29, 0.717) is 0 Å². The molecule has 1 heterocycles. The van der Waals surface area contributed by atoms with Gasteiger partial charge in [0.15, 0.2) is 0 Å². The van der Waals surface area contributed by atoms with Gasteiger partial charge in [0, 0.05) is 30.2 Å². The Bertz CT molecular complexity index is 597. The van der Waals surface area contributed by atoms with E-state index in [2.05, 4.69) is 47.1 Å². The number of rotatable bonds is 5. The molecule has 112 valence electrons. The van der Waals surface area contributed by atoms with Gasteiger partial charge in [-0.1, -0.05) is 38.0 Å². The van der Waals surface area contributed by atoms with Crippen molar-refractivity contribution in [3.8, 4) is 0 Å². The second-order valence-electron chi connectivity index (χ2n) is 6.14. The highest BCUT2D eigenvalue weighted by Gasteiger charge is 2.37. The molecule has 2 aromatic rings. The number of aromatic nitrogens is 1. The summed E-state index contributed by atoms with van der Waals surface area (Å²) in [4.78, 5) is 7.05. The maximum atomic E-state index is 6.16. The zero-order chi connectivity index (χ0) is 14.7. The fourth-order valence-electron chi connectivity index (χ4n) is 3.80. The van der Waals surface area contributed by atoms with Gasteiger partial charge in [0.25, 0.3) is 0 Å². The Hall–Kier alpha value is -1.45. The van der Waals surface area contributed by atoms with E-state index < -0.39 is 0 Å². The van der Waals surface area contributed by atoms with E-state index >= 15 is 0 Å². The minimum Gasteiger partial charge on any atom is -0.329 e. The summed E-state index contributed by atoms with van der Waals surface area (Å²) in [5, 5.41) is 1.27. The molecule has 3 heteroatoms. The lowest BCUT2D eigenvalue weighted by atomic mass is 9.94. The molecule has 0 bridgehead atoms. The number of pyridine rings is 1. The number of hydrogen-bond donors (Lipinski definition) is 1. The van der Waals surface area contributed by atoms with E-state index in [4.69, 9.17) is 5.73 Å². The molecule has 0 amide bonds. The molecule has 1 fully saturated rings. The van der Waals surface area contributed by atoms with Crippen molar-refractivity contribution in [2.45, 2.75) is 44.7 Å². The summed E-state index contributed by atoms with van der Waals surface area (Å²) in [6, 6.07) is 10.6. The van der Waals surface area contributed by atoms with Crippen LogP contribution in [0.1, 0.15) is 38.2 Å². The van der Waals surface area contributed by atoms with Crippen molar-refractivity contribution < 1.29 is 0 Å². The number of benzene rings is 1. The molecule has 3 nitrogen and oxygen atoms in total. The van der Waals surface area contributed by atoms with E-state index in [1.54, 1.807) is 0 Å². The third kappa shape index (κ3) is 2.68. The van der Waals surface area contributed by atoms with Crippen molar-refractivity contribution in [1.82, 2.24) is 9.88 Å². The quantitative estimate of drug-likeness (QED) is 0.915.